The zero-order valence-corrected chi connectivity index (χ0v) is 13.4. The molecular formula is C18H27N3. The van der Waals surface area contributed by atoms with Gasteiger partial charge in [0, 0.05) is 18.7 Å². The largest absolute Gasteiger partial charge is 0.308 e. The first-order valence-electron chi connectivity index (χ1n) is 8.11. The van der Waals surface area contributed by atoms with Crippen LogP contribution >= 0.6 is 0 Å². The monoisotopic (exact) mass is 285 g/mol. The van der Waals surface area contributed by atoms with Gasteiger partial charge in [-0.15, -0.1) is 0 Å². The number of nitrogens with zero attached hydrogens (tertiary/aromatic N) is 2. The third-order valence-corrected chi connectivity index (χ3v) is 4.00. The van der Waals surface area contributed by atoms with Gasteiger partial charge in [-0.1, -0.05) is 51.1 Å². The molecule has 0 amide bonds. The van der Waals surface area contributed by atoms with Crippen LogP contribution in [0.4, 0.5) is 0 Å². The lowest BCUT2D eigenvalue weighted by molar-refractivity contribution is 0.408. The van der Waals surface area contributed by atoms with Crippen LogP contribution in [0.25, 0.3) is 0 Å². The van der Waals surface area contributed by atoms with E-state index in [2.05, 4.69) is 72.3 Å². The van der Waals surface area contributed by atoms with Crippen LogP contribution in [0, 0.1) is 0 Å². The van der Waals surface area contributed by atoms with E-state index < -0.39 is 0 Å². The minimum Gasteiger partial charge on any atom is -0.308 e. The maximum absolute atomic E-state index is 4.50. The zero-order chi connectivity index (χ0) is 15.1. The van der Waals surface area contributed by atoms with Crippen molar-refractivity contribution >= 4 is 0 Å². The Morgan fingerprint density at radius 3 is 2.48 bits per heavy atom. The molecule has 2 aromatic rings. The van der Waals surface area contributed by atoms with E-state index in [1.54, 1.807) is 0 Å². The fraction of sp³-hybridized carbons (Fsp3) is 0.500. The average molecular weight is 285 g/mol. The lowest BCUT2D eigenvalue weighted by Crippen LogP contribution is -2.29. The maximum atomic E-state index is 4.50. The molecule has 0 saturated heterocycles. The van der Waals surface area contributed by atoms with Gasteiger partial charge in [0.1, 0.15) is 0 Å². The van der Waals surface area contributed by atoms with E-state index in [9.17, 15) is 0 Å². The topological polar surface area (TPSA) is 29.9 Å². The second kappa shape index (κ2) is 7.99. The minimum atomic E-state index is 0.316. The highest BCUT2D eigenvalue weighted by molar-refractivity contribution is 5.24. The van der Waals surface area contributed by atoms with Crippen molar-refractivity contribution in [1.82, 2.24) is 15.1 Å². The molecule has 0 radical (unpaired) electrons. The average Bonchev–Trinajstić information content (AvgIpc) is 2.97. The van der Waals surface area contributed by atoms with Crippen molar-refractivity contribution < 1.29 is 0 Å². The Morgan fingerprint density at radius 1 is 1.10 bits per heavy atom. The number of hydrogen-bond acceptors (Lipinski definition) is 2. The molecule has 0 bridgehead atoms. The van der Waals surface area contributed by atoms with Crippen LogP contribution in [0.2, 0.25) is 0 Å². The summed E-state index contributed by atoms with van der Waals surface area (Å²) in [6.45, 7) is 8.58. The van der Waals surface area contributed by atoms with Gasteiger partial charge in [-0.3, -0.25) is 4.68 Å². The van der Waals surface area contributed by atoms with Gasteiger partial charge in [0.2, 0.25) is 0 Å². The molecule has 0 saturated carbocycles. The van der Waals surface area contributed by atoms with Gasteiger partial charge in [0.25, 0.3) is 0 Å². The Morgan fingerprint density at radius 2 is 1.86 bits per heavy atom. The van der Waals surface area contributed by atoms with Gasteiger partial charge in [-0.05, 0) is 31.0 Å². The predicted molar refractivity (Wildman–Crippen MR) is 88.4 cm³/mol. The molecule has 1 aromatic carbocycles. The van der Waals surface area contributed by atoms with Crippen LogP contribution in [-0.2, 0) is 6.54 Å². The summed E-state index contributed by atoms with van der Waals surface area (Å²) in [6.07, 6.45) is 4.14. The molecule has 0 aliphatic carbocycles. The van der Waals surface area contributed by atoms with E-state index in [4.69, 9.17) is 0 Å². The van der Waals surface area contributed by atoms with Crippen molar-refractivity contribution in [3.05, 3.63) is 53.9 Å². The van der Waals surface area contributed by atoms with E-state index in [0.717, 1.165) is 25.9 Å². The number of likely N-dealkylation sites (N-methyl/N-ethyl adjacent to an activating group) is 1. The Kier molecular flexibility index (Phi) is 6.00. The number of nitrogens with one attached hydrogen (secondary N) is 1. The van der Waals surface area contributed by atoms with E-state index in [-0.39, 0.29) is 0 Å². The van der Waals surface area contributed by atoms with Crippen molar-refractivity contribution in [2.75, 3.05) is 6.54 Å². The molecule has 2 unspecified atom stereocenters. The van der Waals surface area contributed by atoms with Gasteiger partial charge in [0.05, 0.1) is 11.7 Å². The molecule has 3 nitrogen and oxygen atoms in total. The molecule has 3 heteroatoms. The minimum absolute atomic E-state index is 0.316. The predicted octanol–water partition coefficient (Wildman–Crippen LogP) is 4.14. The zero-order valence-electron chi connectivity index (χ0n) is 13.4. The molecule has 21 heavy (non-hydrogen) atoms. The van der Waals surface area contributed by atoms with Crippen molar-refractivity contribution in [1.29, 1.82) is 0 Å². The van der Waals surface area contributed by atoms with Crippen molar-refractivity contribution in [2.45, 2.75) is 52.1 Å². The fourth-order valence-electron chi connectivity index (χ4n) is 3.04. The first kappa shape index (κ1) is 15.8. The van der Waals surface area contributed by atoms with E-state index in [1.807, 2.05) is 6.20 Å². The standard InChI is InChI=1S/C18H27N3/c1-4-14-21-17(12-13-20-21)18(19-6-3)16(5-2)15-10-8-7-9-11-15/h7-13,16,18-19H,4-6,14H2,1-3H3. The molecule has 2 atom stereocenters. The number of hydrogen-bond donors (Lipinski definition) is 1. The quantitative estimate of drug-likeness (QED) is 0.790. The van der Waals surface area contributed by atoms with Gasteiger partial charge >= 0.3 is 0 Å². The van der Waals surface area contributed by atoms with Crippen LogP contribution in [0.5, 0.6) is 0 Å². The van der Waals surface area contributed by atoms with Crippen LogP contribution < -0.4 is 5.32 Å². The molecule has 0 spiro atoms. The molecule has 1 heterocycles. The first-order valence-corrected chi connectivity index (χ1v) is 8.11. The summed E-state index contributed by atoms with van der Waals surface area (Å²) in [6, 6.07) is 13.3. The smallest absolute Gasteiger partial charge is 0.0561 e. The summed E-state index contributed by atoms with van der Waals surface area (Å²) in [5, 5.41) is 8.17. The Balaban J connectivity index is 2.34. The van der Waals surface area contributed by atoms with Gasteiger partial charge < -0.3 is 5.32 Å². The van der Waals surface area contributed by atoms with Crippen LogP contribution in [-0.4, -0.2) is 16.3 Å². The van der Waals surface area contributed by atoms with E-state index >= 15 is 0 Å². The third kappa shape index (κ3) is 3.73. The molecule has 1 aromatic heterocycles. The van der Waals surface area contributed by atoms with Crippen LogP contribution in [0.1, 0.15) is 56.8 Å². The Bertz CT molecular complexity index is 518. The first-order chi connectivity index (χ1) is 10.3. The SMILES string of the molecule is CCCn1nccc1C(NCC)C(CC)c1ccccc1. The second-order valence-electron chi connectivity index (χ2n) is 5.44. The summed E-state index contributed by atoms with van der Waals surface area (Å²) >= 11 is 0. The Labute approximate surface area is 128 Å². The van der Waals surface area contributed by atoms with Crippen molar-refractivity contribution in [3.63, 3.8) is 0 Å². The number of rotatable bonds is 8. The molecule has 0 aliphatic heterocycles. The highest BCUT2D eigenvalue weighted by atomic mass is 15.3. The molecule has 114 valence electrons. The summed E-state index contributed by atoms with van der Waals surface area (Å²) < 4.78 is 2.15. The highest BCUT2D eigenvalue weighted by Crippen LogP contribution is 2.33. The van der Waals surface area contributed by atoms with Crippen molar-refractivity contribution in [3.8, 4) is 0 Å². The van der Waals surface area contributed by atoms with Gasteiger partial charge in [-0.25, -0.2) is 0 Å². The normalized spacial score (nSPS) is 14.0. The van der Waals surface area contributed by atoms with Crippen LogP contribution in [0.3, 0.4) is 0 Å². The summed E-state index contributed by atoms with van der Waals surface area (Å²) in [5.74, 6) is 0.471. The second-order valence-corrected chi connectivity index (χ2v) is 5.44. The molecule has 0 aliphatic rings. The third-order valence-electron chi connectivity index (χ3n) is 4.00. The molecule has 0 fully saturated rings. The molecular weight excluding hydrogens is 258 g/mol. The molecule has 1 N–H and O–H groups in total. The van der Waals surface area contributed by atoms with Gasteiger partial charge in [-0.2, -0.15) is 5.10 Å². The van der Waals surface area contributed by atoms with Gasteiger partial charge in [0.15, 0.2) is 0 Å². The highest BCUT2D eigenvalue weighted by Gasteiger charge is 2.25. The summed E-state index contributed by atoms with van der Waals surface area (Å²) in [7, 11) is 0. The number of aromatic nitrogens is 2. The lowest BCUT2D eigenvalue weighted by Gasteiger charge is -2.28. The fourth-order valence-corrected chi connectivity index (χ4v) is 3.04. The molecule has 2 rings (SSSR count). The number of benzene rings is 1. The van der Waals surface area contributed by atoms with E-state index in [1.165, 1.54) is 11.3 Å². The maximum Gasteiger partial charge on any atom is 0.0561 e. The van der Waals surface area contributed by atoms with Crippen LogP contribution in [0.15, 0.2) is 42.6 Å². The van der Waals surface area contributed by atoms with Crippen molar-refractivity contribution in [2.24, 2.45) is 0 Å². The summed E-state index contributed by atoms with van der Waals surface area (Å²) in [5.41, 5.74) is 2.70. The number of aryl methyl sites for hydroxylation is 1. The van der Waals surface area contributed by atoms with E-state index in [0.29, 0.717) is 12.0 Å². The Hall–Kier alpha value is -1.61. The lowest BCUT2D eigenvalue weighted by atomic mass is 9.87. The summed E-state index contributed by atoms with van der Waals surface area (Å²) in [4.78, 5) is 0.